The van der Waals surface area contributed by atoms with Gasteiger partial charge in [-0.1, -0.05) is 83.9 Å². The van der Waals surface area contributed by atoms with Crippen molar-refractivity contribution in [2.45, 2.75) is 16.9 Å². The number of nitrogens with zero attached hydrogens (tertiary/aromatic N) is 1. The molecular formula is C18H15Cl2N3O2. The third-order valence-electron chi connectivity index (χ3n) is 3.77. The first-order valence-electron chi connectivity index (χ1n) is 7.61. The molecule has 0 saturated heterocycles. The van der Waals surface area contributed by atoms with Crippen LogP contribution in [0.1, 0.15) is 11.1 Å². The normalized spacial score (nSPS) is 19.5. The molecule has 2 amide bonds. The van der Waals surface area contributed by atoms with Crippen molar-refractivity contribution < 1.29 is 9.59 Å². The number of carbonyl (C=O) groups is 2. The molecule has 1 aliphatic rings. The number of nitrogens with one attached hydrogen (secondary N) is 2. The Morgan fingerprint density at radius 3 is 2.28 bits per heavy atom. The molecule has 5 nitrogen and oxygen atoms in total. The van der Waals surface area contributed by atoms with Crippen LogP contribution in [0.2, 0.25) is 0 Å². The Morgan fingerprint density at radius 2 is 1.68 bits per heavy atom. The summed E-state index contributed by atoms with van der Waals surface area (Å²) < 4.78 is 0. The monoisotopic (exact) mass is 375 g/mol. The molecule has 25 heavy (non-hydrogen) atoms. The molecule has 1 atom stereocenters. The Labute approximate surface area is 155 Å². The van der Waals surface area contributed by atoms with Gasteiger partial charge in [0.2, 0.25) is 11.6 Å². The van der Waals surface area contributed by atoms with Crippen molar-refractivity contribution in [3.8, 4) is 0 Å². The van der Waals surface area contributed by atoms with Gasteiger partial charge in [0.1, 0.15) is 5.84 Å². The number of amides is 2. The van der Waals surface area contributed by atoms with Crippen molar-refractivity contribution in [2.24, 2.45) is 4.99 Å². The van der Waals surface area contributed by atoms with Gasteiger partial charge in [0.25, 0.3) is 5.91 Å². The van der Waals surface area contributed by atoms with Crippen LogP contribution in [0, 0.1) is 0 Å². The van der Waals surface area contributed by atoms with Crippen LogP contribution in [0.5, 0.6) is 0 Å². The Balaban J connectivity index is 1.85. The number of halogens is 2. The summed E-state index contributed by atoms with van der Waals surface area (Å²) in [5.74, 6) is -0.648. The first-order valence-corrected chi connectivity index (χ1v) is 8.48. The minimum absolute atomic E-state index is 0.0898. The van der Waals surface area contributed by atoms with Crippen molar-refractivity contribution >= 4 is 40.9 Å². The highest BCUT2D eigenvalue weighted by atomic mass is 35.5. The maximum absolute atomic E-state index is 12.5. The highest BCUT2D eigenvalue weighted by Gasteiger charge is 2.50. The largest absolute Gasteiger partial charge is 0.321 e. The summed E-state index contributed by atoms with van der Waals surface area (Å²) in [7, 11) is 0. The number of alkyl halides is 2. The number of hydrogen-bond donors (Lipinski definition) is 2. The van der Waals surface area contributed by atoms with Crippen LogP contribution in [0.15, 0.2) is 65.7 Å². The van der Waals surface area contributed by atoms with Gasteiger partial charge in [-0.25, -0.2) is 4.99 Å². The molecule has 0 saturated carbocycles. The van der Waals surface area contributed by atoms with Gasteiger partial charge in [-0.3, -0.25) is 9.59 Å². The van der Waals surface area contributed by atoms with Crippen LogP contribution in [-0.4, -0.2) is 28.1 Å². The third kappa shape index (κ3) is 3.67. The fraction of sp³-hybridized carbons (Fsp3) is 0.167. The number of carbonyl (C=O) groups excluding carboxylic acids is 2. The minimum atomic E-state index is -1.75. The molecule has 2 aromatic rings. The summed E-state index contributed by atoms with van der Waals surface area (Å²) in [4.78, 5) is 28.0. The lowest BCUT2D eigenvalue weighted by Crippen LogP contribution is -2.58. The molecule has 128 valence electrons. The van der Waals surface area contributed by atoms with Crippen molar-refractivity contribution in [1.29, 1.82) is 0 Å². The molecule has 0 radical (unpaired) electrons. The lowest BCUT2D eigenvalue weighted by molar-refractivity contribution is -0.130. The second kappa shape index (κ2) is 7.25. The van der Waals surface area contributed by atoms with E-state index in [1.54, 1.807) is 12.1 Å². The van der Waals surface area contributed by atoms with E-state index in [1.165, 1.54) is 0 Å². The molecule has 0 fully saturated rings. The van der Waals surface area contributed by atoms with E-state index < -0.39 is 22.3 Å². The van der Waals surface area contributed by atoms with Crippen molar-refractivity contribution in [1.82, 2.24) is 10.6 Å². The zero-order valence-corrected chi connectivity index (χ0v) is 14.6. The Bertz CT molecular complexity index is 810. The van der Waals surface area contributed by atoms with Gasteiger partial charge in [-0.2, -0.15) is 0 Å². The van der Waals surface area contributed by atoms with E-state index in [0.29, 0.717) is 11.4 Å². The van der Waals surface area contributed by atoms with E-state index in [0.717, 1.165) is 5.56 Å². The Hall–Kier alpha value is -2.37. The number of hydrogen-bond acceptors (Lipinski definition) is 3. The average molecular weight is 376 g/mol. The summed E-state index contributed by atoms with van der Waals surface area (Å²) in [6.07, 6.45) is 0.0898. The third-order valence-corrected chi connectivity index (χ3v) is 4.40. The fourth-order valence-corrected chi connectivity index (χ4v) is 2.92. The van der Waals surface area contributed by atoms with Crippen LogP contribution in [0.25, 0.3) is 0 Å². The van der Waals surface area contributed by atoms with Gasteiger partial charge in [-0.05, 0) is 5.56 Å². The van der Waals surface area contributed by atoms with Gasteiger partial charge in [0.05, 0.1) is 6.42 Å². The first-order chi connectivity index (χ1) is 12.0. The van der Waals surface area contributed by atoms with E-state index in [9.17, 15) is 9.59 Å². The van der Waals surface area contributed by atoms with Crippen molar-refractivity contribution in [3.63, 3.8) is 0 Å². The summed E-state index contributed by atoms with van der Waals surface area (Å²) in [5, 5.41) is 5.23. The van der Waals surface area contributed by atoms with Crippen LogP contribution < -0.4 is 10.6 Å². The molecule has 0 aliphatic carbocycles. The van der Waals surface area contributed by atoms with Gasteiger partial charge in [0.15, 0.2) is 4.84 Å². The zero-order chi connectivity index (χ0) is 17.9. The smallest absolute Gasteiger partial charge is 0.277 e. The molecule has 7 heteroatoms. The van der Waals surface area contributed by atoms with Gasteiger partial charge in [-0.15, -0.1) is 0 Å². The second-order valence-corrected chi connectivity index (χ2v) is 6.65. The van der Waals surface area contributed by atoms with Crippen LogP contribution >= 0.6 is 23.2 Å². The maximum atomic E-state index is 12.5. The zero-order valence-electron chi connectivity index (χ0n) is 13.1. The predicted molar refractivity (Wildman–Crippen MR) is 97.6 cm³/mol. The summed E-state index contributed by atoms with van der Waals surface area (Å²) in [5.41, 5.74) is -0.245. The number of benzene rings is 2. The topological polar surface area (TPSA) is 70.6 Å². The van der Waals surface area contributed by atoms with E-state index >= 15 is 0 Å². The molecular weight excluding hydrogens is 361 g/mol. The summed E-state index contributed by atoms with van der Waals surface area (Å²) >= 11 is 12.0. The second-order valence-electron chi connectivity index (χ2n) is 5.56. The van der Waals surface area contributed by atoms with E-state index in [2.05, 4.69) is 15.6 Å². The molecule has 0 unspecified atom stereocenters. The molecule has 0 aromatic heterocycles. The Kier molecular flexibility index (Phi) is 5.06. The number of rotatable bonds is 5. The van der Waals surface area contributed by atoms with Crippen molar-refractivity contribution in [2.75, 3.05) is 0 Å². The SMILES string of the molecule is O=C(Cc1ccccc1)N[C@@]1(C(Cl)Cl)N=C(c2ccccc2)NC1=O. The minimum Gasteiger partial charge on any atom is -0.321 e. The summed E-state index contributed by atoms with van der Waals surface area (Å²) in [6.45, 7) is 0. The molecule has 1 aliphatic heterocycles. The van der Waals surface area contributed by atoms with Crippen LogP contribution in [0.4, 0.5) is 0 Å². The molecule has 1 heterocycles. The van der Waals surface area contributed by atoms with Crippen LogP contribution in [0.3, 0.4) is 0 Å². The maximum Gasteiger partial charge on any atom is 0.277 e. The molecule has 0 spiro atoms. The molecule has 2 aromatic carbocycles. The highest BCUT2D eigenvalue weighted by Crippen LogP contribution is 2.27. The average Bonchev–Trinajstić information content (AvgIpc) is 2.94. The fourth-order valence-electron chi connectivity index (χ4n) is 2.52. The lowest BCUT2D eigenvalue weighted by atomic mass is 10.1. The van der Waals surface area contributed by atoms with E-state index in [-0.39, 0.29) is 6.42 Å². The number of aliphatic imine (C=N–C) groups is 1. The standard InChI is InChI=1S/C18H15Cl2N3O2/c19-16(20)18(22-14(24)11-12-7-3-1-4-8-12)17(25)21-15(23-18)13-9-5-2-6-10-13/h1-10,16H,11H2,(H,22,24)(H,21,23,25)/t18-/m0/s1. The lowest BCUT2D eigenvalue weighted by Gasteiger charge is -2.25. The van der Waals surface area contributed by atoms with Gasteiger partial charge < -0.3 is 10.6 Å². The van der Waals surface area contributed by atoms with E-state index in [4.69, 9.17) is 23.2 Å². The quantitative estimate of drug-likeness (QED) is 0.787. The molecule has 2 N–H and O–H groups in total. The predicted octanol–water partition coefficient (Wildman–Crippen LogP) is 2.42. The Morgan fingerprint density at radius 1 is 1.08 bits per heavy atom. The highest BCUT2D eigenvalue weighted by molar-refractivity contribution is 6.47. The number of amidine groups is 1. The summed E-state index contributed by atoms with van der Waals surface area (Å²) in [6, 6.07) is 18.2. The van der Waals surface area contributed by atoms with E-state index in [1.807, 2.05) is 48.5 Å². The molecule has 0 bridgehead atoms. The van der Waals surface area contributed by atoms with Gasteiger partial charge in [0, 0.05) is 5.56 Å². The van der Waals surface area contributed by atoms with Crippen molar-refractivity contribution in [3.05, 3.63) is 71.8 Å². The van der Waals surface area contributed by atoms with Crippen LogP contribution in [-0.2, 0) is 16.0 Å². The molecule has 3 rings (SSSR count). The first kappa shape index (κ1) is 17.5. The van der Waals surface area contributed by atoms with Gasteiger partial charge >= 0.3 is 0 Å².